The highest BCUT2D eigenvalue weighted by Crippen LogP contribution is 2.29. The highest BCUT2D eigenvalue weighted by Gasteiger charge is 2.26. The summed E-state index contributed by atoms with van der Waals surface area (Å²) < 4.78 is 0. The van der Waals surface area contributed by atoms with Crippen LogP contribution in [0.15, 0.2) is 24.4 Å². The summed E-state index contributed by atoms with van der Waals surface area (Å²) in [5.74, 6) is 3.93. The van der Waals surface area contributed by atoms with Gasteiger partial charge >= 0.3 is 0 Å². The first-order valence-electron chi connectivity index (χ1n) is 8.61. The first-order chi connectivity index (χ1) is 12.2. The predicted molar refractivity (Wildman–Crippen MR) is 99.4 cm³/mol. The van der Waals surface area contributed by atoms with Crippen molar-refractivity contribution in [2.75, 3.05) is 23.4 Å². The number of aromatic nitrogens is 3. The molecule has 0 aliphatic carbocycles. The molecule has 1 atom stereocenters. The largest absolute Gasteiger partial charge is 0.366 e. The first-order valence-corrected chi connectivity index (χ1v) is 9.77. The quantitative estimate of drug-likeness (QED) is 0.911. The van der Waals surface area contributed by atoms with E-state index in [4.69, 9.17) is 9.97 Å². The lowest BCUT2D eigenvalue weighted by atomic mass is 10.0. The number of hydrogen-bond acceptors (Lipinski definition) is 6. The molecule has 7 heteroatoms. The maximum absolute atomic E-state index is 11.8. The van der Waals surface area contributed by atoms with Crippen LogP contribution >= 0.6 is 11.8 Å². The zero-order valence-corrected chi connectivity index (χ0v) is 15.1. The number of carbonyl (C=O) groups is 1. The van der Waals surface area contributed by atoms with E-state index in [0.717, 1.165) is 47.9 Å². The maximum atomic E-state index is 11.8. The summed E-state index contributed by atoms with van der Waals surface area (Å²) in [6, 6.07) is 6.19. The lowest BCUT2D eigenvalue weighted by Crippen LogP contribution is -2.36. The lowest BCUT2D eigenvalue weighted by Gasteiger charge is -2.29. The van der Waals surface area contributed by atoms with E-state index < -0.39 is 0 Å². The summed E-state index contributed by atoms with van der Waals surface area (Å²) in [7, 11) is 0. The topological polar surface area (TPSA) is 71.0 Å². The molecule has 2 aliphatic heterocycles. The number of thioether (sulfide) groups is 1. The average Bonchev–Trinajstić information content (AvgIpc) is 3.15. The van der Waals surface area contributed by atoms with Crippen molar-refractivity contribution in [2.45, 2.75) is 32.4 Å². The fraction of sp³-hybridized carbons (Fsp3) is 0.444. The number of nitrogens with one attached hydrogen (secondary N) is 1. The Hall–Kier alpha value is -2.15. The van der Waals surface area contributed by atoms with E-state index in [2.05, 4.69) is 10.3 Å². The number of carbonyl (C=O) groups excluding carboxylic acids is 1. The molecule has 2 aromatic rings. The van der Waals surface area contributed by atoms with Crippen molar-refractivity contribution in [3.05, 3.63) is 35.7 Å². The molecule has 25 heavy (non-hydrogen) atoms. The summed E-state index contributed by atoms with van der Waals surface area (Å²) in [5, 5.41) is 3.62. The molecule has 0 unspecified atom stereocenters. The number of rotatable bonds is 3. The Morgan fingerprint density at radius 2 is 2.28 bits per heavy atom. The molecule has 4 rings (SSSR count). The fourth-order valence-electron chi connectivity index (χ4n) is 3.27. The molecule has 0 saturated carbocycles. The maximum Gasteiger partial charge on any atom is 0.219 e. The Bertz CT molecular complexity index is 777. The van der Waals surface area contributed by atoms with Gasteiger partial charge in [0.25, 0.3) is 0 Å². The Kier molecular flexibility index (Phi) is 4.57. The van der Waals surface area contributed by atoms with E-state index >= 15 is 0 Å². The molecule has 2 aliphatic rings. The minimum atomic E-state index is 0.0883. The van der Waals surface area contributed by atoms with Crippen LogP contribution in [0.25, 0.3) is 11.5 Å². The molecule has 4 heterocycles. The number of anilines is 1. The third-order valence-corrected chi connectivity index (χ3v) is 5.84. The highest BCUT2D eigenvalue weighted by molar-refractivity contribution is 7.99. The van der Waals surface area contributed by atoms with Crippen molar-refractivity contribution >= 4 is 23.5 Å². The first kappa shape index (κ1) is 16.3. The lowest BCUT2D eigenvalue weighted by molar-refractivity contribution is -0.129. The fourth-order valence-corrected chi connectivity index (χ4v) is 4.42. The summed E-state index contributed by atoms with van der Waals surface area (Å²) in [6.45, 7) is 2.88. The van der Waals surface area contributed by atoms with Crippen LogP contribution in [0.2, 0.25) is 0 Å². The molecule has 1 fully saturated rings. The van der Waals surface area contributed by atoms with Crippen molar-refractivity contribution in [3.63, 3.8) is 0 Å². The molecule has 0 radical (unpaired) electrons. The molecule has 6 nitrogen and oxygen atoms in total. The van der Waals surface area contributed by atoms with E-state index in [1.807, 2.05) is 34.9 Å². The summed E-state index contributed by atoms with van der Waals surface area (Å²) in [4.78, 5) is 27.5. The Labute approximate surface area is 151 Å². The zero-order chi connectivity index (χ0) is 17.2. The van der Waals surface area contributed by atoms with E-state index in [1.165, 1.54) is 5.75 Å². The van der Waals surface area contributed by atoms with Gasteiger partial charge in [-0.3, -0.25) is 9.78 Å². The molecule has 1 N–H and O–H groups in total. The van der Waals surface area contributed by atoms with Crippen molar-refractivity contribution < 1.29 is 4.79 Å². The van der Waals surface area contributed by atoms with Crippen LogP contribution < -0.4 is 5.32 Å². The van der Waals surface area contributed by atoms with Gasteiger partial charge in [-0.2, -0.15) is 11.8 Å². The Balaban J connectivity index is 1.73. The van der Waals surface area contributed by atoms with Crippen LogP contribution in [0.3, 0.4) is 0 Å². The zero-order valence-electron chi connectivity index (χ0n) is 14.2. The second kappa shape index (κ2) is 7.00. The van der Waals surface area contributed by atoms with Crippen LogP contribution in [0, 0.1) is 0 Å². The molecule has 0 bridgehead atoms. The van der Waals surface area contributed by atoms with Gasteiger partial charge in [0, 0.05) is 37.0 Å². The van der Waals surface area contributed by atoms with Gasteiger partial charge in [-0.1, -0.05) is 6.07 Å². The average molecular weight is 355 g/mol. The molecule has 1 amide bonds. The summed E-state index contributed by atoms with van der Waals surface area (Å²) in [5.41, 5.74) is 2.84. The van der Waals surface area contributed by atoms with Gasteiger partial charge in [0.1, 0.15) is 11.5 Å². The summed E-state index contributed by atoms with van der Waals surface area (Å²) >= 11 is 1.97. The SMILES string of the molecule is CC(=O)N1CCc2c(nc(-c3ccccn3)nc2N[C@@H]2CCSC2)C1. The van der Waals surface area contributed by atoms with E-state index in [9.17, 15) is 4.79 Å². The summed E-state index contributed by atoms with van der Waals surface area (Å²) in [6.07, 6.45) is 3.70. The number of pyridine rings is 1. The van der Waals surface area contributed by atoms with Crippen LogP contribution in [-0.4, -0.2) is 49.9 Å². The highest BCUT2D eigenvalue weighted by atomic mass is 32.2. The van der Waals surface area contributed by atoms with Crippen LogP contribution in [0.1, 0.15) is 24.6 Å². The Morgan fingerprint density at radius 1 is 1.36 bits per heavy atom. The van der Waals surface area contributed by atoms with Gasteiger partial charge < -0.3 is 10.2 Å². The van der Waals surface area contributed by atoms with Gasteiger partial charge in [-0.05, 0) is 30.7 Å². The normalized spacial score (nSPS) is 19.6. The standard InChI is InChI=1S/C18H21N5OS/c1-12(24)23-8-5-14-16(10-23)21-18(15-4-2-3-7-19-15)22-17(14)20-13-6-9-25-11-13/h2-4,7,13H,5-6,8-11H2,1H3,(H,20,21,22)/t13-/m1/s1. The van der Waals surface area contributed by atoms with Crippen molar-refractivity contribution in [3.8, 4) is 11.5 Å². The molecular weight excluding hydrogens is 334 g/mol. The number of amides is 1. The van der Waals surface area contributed by atoms with E-state index in [1.54, 1.807) is 13.1 Å². The second-order valence-corrected chi connectivity index (χ2v) is 7.58. The monoisotopic (exact) mass is 355 g/mol. The van der Waals surface area contributed by atoms with Crippen LogP contribution in [0.4, 0.5) is 5.82 Å². The number of nitrogens with zero attached hydrogens (tertiary/aromatic N) is 4. The van der Waals surface area contributed by atoms with Gasteiger partial charge in [-0.15, -0.1) is 0 Å². The molecule has 0 spiro atoms. The molecule has 1 saturated heterocycles. The van der Waals surface area contributed by atoms with Crippen LogP contribution in [0.5, 0.6) is 0 Å². The molecular formula is C18H21N5OS. The van der Waals surface area contributed by atoms with E-state index in [0.29, 0.717) is 18.4 Å². The van der Waals surface area contributed by atoms with E-state index in [-0.39, 0.29) is 5.91 Å². The van der Waals surface area contributed by atoms with Gasteiger partial charge in [-0.25, -0.2) is 9.97 Å². The molecule has 2 aromatic heterocycles. The Morgan fingerprint density at radius 3 is 3.00 bits per heavy atom. The minimum absolute atomic E-state index is 0.0883. The number of fused-ring (bicyclic) bond motifs is 1. The van der Waals surface area contributed by atoms with Gasteiger partial charge in [0.05, 0.1) is 12.2 Å². The predicted octanol–water partition coefficient (Wildman–Crippen LogP) is 2.36. The molecule has 0 aromatic carbocycles. The second-order valence-electron chi connectivity index (χ2n) is 6.43. The van der Waals surface area contributed by atoms with Crippen LogP contribution in [-0.2, 0) is 17.8 Å². The minimum Gasteiger partial charge on any atom is -0.366 e. The van der Waals surface area contributed by atoms with Crippen molar-refractivity contribution in [1.82, 2.24) is 19.9 Å². The van der Waals surface area contributed by atoms with Crippen molar-refractivity contribution in [2.24, 2.45) is 0 Å². The third-order valence-electron chi connectivity index (χ3n) is 4.67. The third kappa shape index (κ3) is 3.46. The smallest absolute Gasteiger partial charge is 0.219 e. The molecule has 130 valence electrons. The van der Waals surface area contributed by atoms with Gasteiger partial charge in [0.15, 0.2) is 5.82 Å². The van der Waals surface area contributed by atoms with Gasteiger partial charge in [0.2, 0.25) is 5.91 Å². The van der Waals surface area contributed by atoms with Crippen molar-refractivity contribution in [1.29, 1.82) is 0 Å². The number of hydrogen-bond donors (Lipinski definition) is 1.